The Balaban J connectivity index is 2.52. The van der Waals surface area contributed by atoms with Gasteiger partial charge in [0, 0.05) is 11.9 Å². The molecule has 0 spiro atoms. The highest BCUT2D eigenvalue weighted by Gasteiger charge is 2.07. The van der Waals surface area contributed by atoms with Crippen molar-refractivity contribution in [1.82, 2.24) is 4.98 Å². The Bertz CT molecular complexity index is 353. The van der Waals surface area contributed by atoms with Crippen molar-refractivity contribution in [1.29, 1.82) is 0 Å². The second-order valence-electron chi connectivity index (χ2n) is 3.01. The van der Waals surface area contributed by atoms with Gasteiger partial charge in [-0.15, -0.1) is 11.3 Å². The van der Waals surface area contributed by atoms with Crippen LogP contribution in [0.15, 0.2) is 17.0 Å². The SMILES string of the molecule is CC(C)=CCNc1nc(C(=O)O)cs1. The molecule has 0 amide bonds. The van der Waals surface area contributed by atoms with Gasteiger partial charge >= 0.3 is 5.97 Å². The van der Waals surface area contributed by atoms with E-state index in [9.17, 15) is 4.79 Å². The molecule has 0 aliphatic carbocycles. The number of allylic oxidation sites excluding steroid dienone is 1. The smallest absolute Gasteiger partial charge is 0.355 e. The average Bonchev–Trinajstić information content (AvgIpc) is 2.52. The number of carbonyl (C=O) groups is 1. The summed E-state index contributed by atoms with van der Waals surface area (Å²) in [6.45, 7) is 4.69. The molecule has 4 nitrogen and oxygen atoms in total. The van der Waals surface area contributed by atoms with Crippen molar-refractivity contribution in [3.63, 3.8) is 0 Å². The van der Waals surface area contributed by atoms with Crippen molar-refractivity contribution in [2.24, 2.45) is 0 Å². The molecule has 0 saturated heterocycles. The maximum Gasteiger partial charge on any atom is 0.355 e. The first kappa shape index (κ1) is 10.7. The molecule has 0 fully saturated rings. The van der Waals surface area contributed by atoms with E-state index in [-0.39, 0.29) is 5.69 Å². The number of carboxylic acid groups (broad SMARTS) is 1. The van der Waals surface area contributed by atoms with Crippen LogP contribution in [0.25, 0.3) is 0 Å². The van der Waals surface area contributed by atoms with Crippen LogP contribution in [0.4, 0.5) is 5.13 Å². The second kappa shape index (κ2) is 4.76. The highest BCUT2D eigenvalue weighted by Crippen LogP contribution is 2.14. The van der Waals surface area contributed by atoms with Gasteiger partial charge < -0.3 is 10.4 Å². The molecule has 0 aliphatic heterocycles. The number of nitrogens with one attached hydrogen (secondary N) is 1. The van der Waals surface area contributed by atoms with Crippen LogP contribution in [0.1, 0.15) is 24.3 Å². The normalized spacial score (nSPS) is 9.57. The Hall–Kier alpha value is -1.36. The number of carboxylic acids is 1. The summed E-state index contributed by atoms with van der Waals surface area (Å²) >= 11 is 1.30. The van der Waals surface area contributed by atoms with Gasteiger partial charge in [-0.3, -0.25) is 0 Å². The van der Waals surface area contributed by atoms with Crippen LogP contribution in [-0.4, -0.2) is 22.6 Å². The molecule has 1 aromatic heterocycles. The highest BCUT2D eigenvalue weighted by molar-refractivity contribution is 7.13. The molecular formula is C9H12N2O2S. The fourth-order valence-electron chi connectivity index (χ4n) is 0.796. The number of nitrogens with zero attached hydrogens (tertiary/aromatic N) is 1. The van der Waals surface area contributed by atoms with E-state index in [1.165, 1.54) is 22.3 Å². The van der Waals surface area contributed by atoms with Crippen molar-refractivity contribution >= 4 is 22.4 Å². The van der Waals surface area contributed by atoms with Gasteiger partial charge in [0.25, 0.3) is 0 Å². The summed E-state index contributed by atoms with van der Waals surface area (Å²) < 4.78 is 0. The molecule has 5 heteroatoms. The van der Waals surface area contributed by atoms with E-state index >= 15 is 0 Å². The van der Waals surface area contributed by atoms with Gasteiger partial charge in [0.15, 0.2) is 10.8 Å². The molecule has 0 aliphatic rings. The fraction of sp³-hybridized carbons (Fsp3) is 0.333. The van der Waals surface area contributed by atoms with Crippen LogP contribution < -0.4 is 5.32 Å². The van der Waals surface area contributed by atoms with E-state index in [1.807, 2.05) is 19.9 Å². The van der Waals surface area contributed by atoms with Crippen molar-refractivity contribution in [2.45, 2.75) is 13.8 Å². The quantitative estimate of drug-likeness (QED) is 0.751. The number of anilines is 1. The molecule has 0 aromatic carbocycles. The van der Waals surface area contributed by atoms with Crippen LogP contribution in [0, 0.1) is 0 Å². The van der Waals surface area contributed by atoms with Gasteiger partial charge in [0.1, 0.15) is 0 Å². The van der Waals surface area contributed by atoms with Gasteiger partial charge in [-0.1, -0.05) is 11.6 Å². The maximum absolute atomic E-state index is 10.5. The molecule has 0 saturated carbocycles. The standard InChI is InChI=1S/C9H12N2O2S/c1-6(2)3-4-10-9-11-7(5-14-9)8(12)13/h3,5H,4H2,1-2H3,(H,10,11)(H,12,13). The lowest BCUT2D eigenvalue weighted by atomic mass is 10.3. The fourth-order valence-corrected chi connectivity index (χ4v) is 1.49. The second-order valence-corrected chi connectivity index (χ2v) is 3.86. The van der Waals surface area contributed by atoms with Gasteiger partial charge in [-0.25, -0.2) is 9.78 Å². The van der Waals surface area contributed by atoms with Crippen molar-refractivity contribution in [3.8, 4) is 0 Å². The summed E-state index contributed by atoms with van der Waals surface area (Å²) in [5.74, 6) is -0.989. The number of thiazole rings is 1. The third-order valence-electron chi connectivity index (χ3n) is 1.49. The maximum atomic E-state index is 10.5. The minimum Gasteiger partial charge on any atom is -0.476 e. The summed E-state index contributed by atoms with van der Waals surface area (Å²) in [5.41, 5.74) is 1.31. The molecule has 0 atom stereocenters. The number of rotatable bonds is 4. The molecule has 2 N–H and O–H groups in total. The molecule has 1 heterocycles. The van der Waals surface area contributed by atoms with Gasteiger partial charge in [0.2, 0.25) is 0 Å². The highest BCUT2D eigenvalue weighted by atomic mass is 32.1. The van der Waals surface area contributed by atoms with Crippen molar-refractivity contribution in [3.05, 3.63) is 22.7 Å². The first-order valence-electron chi connectivity index (χ1n) is 4.15. The third kappa shape index (κ3) is 3.18. The Morgan fingerprint density at radius 3 is 2.93 bits per heavy atom. The number of hydrogen-bond acceptors (Lipinski definition) is 4. The first-order chi connectivity index (χ1) is 6.59. The lowest BCUT2D eigenvalue weighted by molar-refractivity contribution is 0.0691. The van der Waals surface area contributed by atoms with E-state index in [4.69, 9.17) is 5.11 Å². The van der Waals surface area contributed by atoms with Crippen molar-refractivity contribution < 1.29 is 9.90 Å². The zero-order valence-electron chi connectivity index (χ0n) is 8.07. The van der Waals surface area contributed by atoms with Crippen LogP contribution in [0.2, 0.25) is 0 Å². The Labute approximate surface area is 86.3 Å². The molecule has 1 aromatic rings. The molecule has 14 heavy (non-hydrogen) atoms. The van der Waals surface area contributed by atoms with Crippen molar-refractivity contribution in [2.75, 3.05) is 11.9 Å². The molecule has 76 valence electrons. The van der Waals surface area contributed by atoms with Crippen LogP contribution in [-0.2, 0) is 0 Å². The average molecular weight is 212 g/mol. The van der Waals surface area contributed by atoms with Crippen LogP contribution in [0.3, 0.4) is 0 Å². The summed E-state index contributed by atoms with van der Waals surface area (Å²) in [6, 6.07) is 0. The summed E-state index contributed by atoms with van der Waals surface area (Å²) in [6.07, 6.45) is 2.02. The number of aromatic carboxylic acids is 1. The molecule has 1 rings (SSSR count). The molecular weight excluding hydrogens is 200 g/mol. The topological polar surface area (TPSA) is 62.2 Å². The third-order valence-corrected chi connectivity index (χ3v) is 2.29. The summed E-state index contributed by atoms with van der Waals surface area (Å²) in [5, 5.41) is 13.8. The minimum absolute atomic E-state index is 0.0923. The van der Waals surface area contributed by atoms with E-state index in [1.54, 1.807) is 0 Å². The van der Waals surface area contributed by atoms with E-state index in [0.717, 1.165) is 0 Å². The predicted octanol–water partition coefficient (Wildman–Crippen LogP) is 2.22. The first-order valence-corrected chi connectivity index (χ1v) is 5.03. The molecule has 0 unspecified atom stereocenters. The number of hydrogen-bond donors (Lipinski definition) is 2. The Morgan fingerprint density at radius 1 is 1.71 bits per heavy atom. The van der Waals surface area contributed by atoms with Gasteiger partial charge in [0.05, 0.1) is 0 Å². The van der Waals surface area contributed by atoms with Crippen LogP contribution in [0.5, 0.6) is 0 Å². The summed E-state index contributed by atoms with van der Waals surface area (Å²) in [7, 11) is 0. The van der Waals surface area contributed by atoms with E-state index in [2.05, 4.69) is 10.3 Å². The van der Waals surface area contributed by atoms with Crippen LogP contribution >= 0.6 is 11.3 Å². The molecule has 0 bridgehead atoms. The number of aromatic nitrogens is 1. The van der Waals surface area contributed by atoms with Gasteiger partial charge in [-0.2, -0.15) is 0 Å². The largest absolute Gasteiger partial charge is 0.476 e. The predicted molar refractivity (Wildman–Crippen MR) is 57.0 cm³/mol. The monoisotopic (exact) mass is 212 g/mol. The zero-order chi connectivity index (χ0) is 10.6. The zero-order valence-corrected chi connectivity index (χ0v) is 8.89. The van der Waals surface area contributed by atoms with E-state index < -0.39 is 5.97 Å². The molecule has 0 radical (unpaired) electrons. The Kier molecular flexibility index (Phi) is 3.64. The van der Waals surface area contributed by atoms with E-state index in [0.29, 0.717) is 11.7 Å². The Morgan fingerprint density at radius 2 is 2.43 bits per heavy atom. The lowest BCUT2D eigenvalue weighted by Gasteiger charge is -1.96. The lowest BCUT2D eigenvalue weighted by Crippen LogP contribution is -2.00. The summed E-state index contributed by atoms with van der Waals surface area (Å²) in [4.78, 5) is 14.4. The van der Waals surface area contributed by atoms with Gasteiger partial charge in [-0.05, 0) is 13.8 Å². The minimum atomic E-state index is -0.989.